The molecule has 0 amide bonds. The van der Waals surface area contributed by atoms with E-state index >= 15 is 0 Å². The highest BCUT2D eigenvalue weighted by Gasteiger charge is 2.20. The van der Waals surface area contributed by atoms with Gasteiger partial charge in [-0.3, -0.25) is 9.89 Å². The van der Waals surface area contributed by atoms with Gasteiger partial charge in [0.1, 0.15) is 0 Å². The molecule has 1 saturated heterocycles. The summed E-state index contributed by atoms with van der Waals surface area (Å²) in [5, 5.41) is 10.3. The van der Waals surface area contributed by atoms with Crippen molar-refractivity contribution >= 4 is 17.3 Å². The van der Waals surface area contributed by atoms with Crippen molar-refractivity contribution in [2.75, 3.05) is 26.2 Å². The largest absolute Gasteiger partial charge is 0.357 e. The minimum Gasteiger partial charge on any atom is -0.357 e. The van der Waals surface area contributed by atoms with Crippen LogP contribution in [0.1, 0.15) is 51.2 Å². The first kappa shape index (κ1) is 20.2. The van der Waals surface area contributed by atoms with Crippen LogP contribution in [0, 0.1) is 18.8 Å². The normalized spacial score (nSPS) is 18.6. The van der Waals surface area contributed by atoms with Crippen molar-refractivity contribution in [3.8, 4) is 0 Å². The van der Waals surface area contributed by atoms with Gasteiger partial charge in [-0.15, -0.1) is 11.3 Å². The van der Waals surface area contributed by atoms with E-state index < -0.39 is 0 Å². The maximum atomic E-state index is 4.84. The monoisotopic (exact) mass is 365 g/mol. The summed E-state index contributed by atoms with van der Waals surface area (Å²) >= 11 is 1.75. The third-order valence-electron chi connectivity index (χ3n) is 4.98. The van der Waals surface area contributed by atoms with Crippen LogP contribution in [0.3, 0.4) is 0 Å². The Bertz CT molecular complexity index is 532. The van der Waals surface area contributed by atoms with Gasteiger partial charge in [0.15, 0.2) is 5.96 Å². The lowest BCUT2D eigenvalue weighted by Crippen LogP contribution is -2.44. The molecule has 0 radical (unpaired) electrons. The van der Waals surface area contributed by atoms with Crippen molar-refractivity contribution in [2.24, 2.45) is 16.8 Å². The summed E-state index contributed by atoms with van der Waals surface area (Å²) < 4.78 is 0. The number of hydrogen-bond donors (Lipinski definition) is 2. The number of nitrogens with one attached hydrogen (secondary N) is 2. The molecule has 0 aromatic carbocycles. The summed E-state index contributed by atoms with van der Waals surface area (Å²) in [5.41, 5.74) is 1.22. The van der Waals surface area contributed by atoms with Gasteiger partial charge in [0.2, 0.25) is 0 Å². The Morgan fingerprint density at radius 1 is 1.36 bits per heavy atom. The van der Waals surface area contributed by atoms with E-state index in [0.717, 1.165) is 38.7 Å². The van der Waals surface area contributed by atoms with Gasteiger partial charge in [-0.05, 0) is 58.5 Å². The molecule has 1 aliphatic heterocycles. The molecule has 2 N–H and O–H groups in total. The van der Waals surface area contributed by atoms with Crippen molar-refractivity contribution in [1.82, 2.24) is 20.5 Å². The first-order chi connectivity index (χ1) is 12.0. The number of likely N-dealkylation sites (tertiary alicyclic amines) is 1. The second-order valence-corrected chi connectivity index (χ2v) is 8.54. The summed E-state index contributed by atoms with van der Waals surface area (Å²) in [4.78, 5) is 11.9. The Morgan fingerprint density at radius 3 is 2.64 bits per heavy atom. The number of guanidine groups is 1. The van der Waals surface area contributed by atoms with Crippen molar-refractivity contribution < 1.29 is 0 Å². The molecular formula is C19H35N5S. The Morgan fingerprint density at radius 2 is 2.08 bits per heavy atom. The van der Waals surface area contributed by atoms with Gasteiger partial charge >= 0.3 is 0 Å². The number of piperidine rings is 1. The minimum absolute atomic E-state index is 0.432. The average molecular weight is 366 g/mol. The van der Waals surface area contributed by atoms with E-state index in [-0.39, 0.29) is 0 Å². The summed E-state index contributed by atoms with van der Waals surface area (Å²) in [6.45, 7) is 16.0. The number of hydrogen-bond acceptors (Lipinski definition) is 4. The molecule has 1 aromatic rings. The molecule has 25 heavy (non-hydrogen) atoms. The predicted octanol–water partition coefficient (Wildman–Crippen LogP) is 3.26. The van der Waals surface area contributed by atoms with E-state index in [1.54, 1.807) is 11.3 Å². The van der Waals surface area contributed by atoms with Crippen LogP contribution >= 0.6 is 11.3 Å². The summed E-state index contributed by atoms with van der Waals surface area (Å²) in [6, 6.07) is 0.432. The highest BCUT2D eigenvalue weighted by molar-refractivity contribution is 7.09. The average Bonchev–Trinajstić information content (AvgIpc) is 2.99. The zero-order chi connectivity index (χ0) is 18.2. The number of nitrogens with zero attached hydrogens (tertiary/aromatic N) is 3. The maximum absolute atomic E-state index is 4.84. The molecule has 0 saturated carbocycles. The highest BCUT2D eigenvalue weighted by atomic mass is 32.1. The number of aryl methyl sites for hydroxylation is 1. The molecule has 1 atom stereocenters. The van der Waals surface area contributed by atoms with Crippen LogP contribution in [0.4, 0.5) is 0 Å². The summed E-state index contributed by atoms with van der Waals surface area (Å²) in [7, 11) is 0. The van der Waals surface area contributed by atoms with Gasteiger partial charge < -0.3 is 10.6 Å². The van der Waals surface area contributed by atoms with Gasteiger partial charge in [-0.25, -0.2) is 4.98 Å². The van der Waals surface area contributed by atoms with Crippen LogP contribution < -0.4 is 10.6 Å². The second kappa shape index (κ2) is 10.1. The third-order valence-corrected chi connectivity index (χ3v) is 5.80. The van der Waals surface area contributed by atoms with E-state index in [0.29, 0.717) is 17.9 Å². The summed E-state index contributed by atoms with van der Waals surface area (Å²) in [6.07, 6.45) is 2.46. The molecule has 0 bridgehead atoms. The van der Waals surface area contributed by atoms with E-state index in [1.807, 2.05) is 0 Å². The number of rotatable bonds is 7. The fourth-order valence-corrected chi connectivity index (χ4v) is 3.56. The number of aromatic nitrogens is 1. The predicted molar refractivity (Wildman–Crippen MR) is 108 cm³/mol. The van der Waals surface area contributed by atoms with Crippen LogP contribution in [0.15, 0.2) is 10.4 Å². The smallest absolute Gasteiger partial charge is 0.191 e. The van der Waals surface area contributed by atoms with Crippen LogP contribution in [-0.4, -0.2) is 48.1 Å². The SMILES string of the molecule is CCNC(=NCC1CCN(Cc2csc(C)n2)CC1)NC(C)C(C)C. The minimum atomic E-state index is 0.432. The fraction of sp³-hybridized carbons (Fsp3) is 0.789. The lowest BCUT2D eigenvalue weighted by Gasteiger charge is -2.31. The van der Waals surface area contributed by atoms with Crippen molar-refractivity contribution in [1.29, 1.82) is 0 Å². The lowest BCUT2D eigenvalue weighted by atomic mass is 9.97. The maximum Gasteiger partial charge on any atom is 0.191 e. The molecule has 0 spiro atoms. The first-order valence-corrected chi connectivity index (χ1v) is 10.5. The van der Waals surface area contributed by atoms with E-state index in [4.69, 9.17) is 4.99 Å². The van der Waals surface area contributed by atoms with Crippen LogP contribution in [0.2, 0.25) is 0 Å². The van der Waals surface area contributed by atoms with Gasteiger partial charge in [-0.1, -0.05) is 13.8 Å². The number of thiazole rings is 1. The molecule has 1 aromatic heterocycles. The quantitative estimate of drug-likeness (QED) is 0.575. The van der Waals surface area contributed by atoms with Gasteiger partial charge in [0.05, 0.1) is 10.7 Å². The zero-order valence-corrected chi connectivity index (χ0v) is 17.3. The van der Waals surface area contributed by atoms with Gasteiger partial charge in [0.25, 0.3) is 0 Å². The molecule has 1 fully saturated rings. The standard InChI is InChI=1S/C19H35N5S/c1-6-20-19(22-15(4)14(2)3)21-11-17-7-9-24(10-8-17)12-18-13-25-16(5)23-18/h13-15,17H,6-12H2,1-5H3,(H2,20,21,22). The fourth-order valence-electron chi connectivity index (χ4n) is 2.96. The Labute approximate surface area is 157 Å². The lowest BCUT2D eigenvalue weighted by molar-refractivity contribution is 0.179. The molecule has 1 unspecified atom stereocenters. The molecule has 142 valence electrons. The van der Waals surface area contributed by atoms with Crippen LogP contribution in [-0.2, 0) is 6.54 Å². The van der Waals surface area contributed by atoms with Crippen molar-refractivity contribution in [2.45, 2.75) is 60.0 Å². The second-order valence-electron chi connectivity index (χ2n) is 7.47. The Hall–Kier alpha value is -1.14. The topological polar surface area (TPSA) is 52.6 Å². The van der Waals surface area contributed by atoms with E-state index in [2.05, 4.69) is 60.5 Å². The summed E-state index contributed by atoms with van der Waals surface area (Å²) in [5.74, 6) is 2.25. The molecule has 2 rings (SSSR count). The molecular weight excluding hydrogens is 330 g/mol. The van der Waals surface area contributed by atoms with Crippen molar-refractivity contribution in [3.05, 3.63) is 16.1 Å². The molecule has 6 heteroatoms. The highest BCUT2D eigenvalue weighted by Crippen LogP contribution is 2.20. The Balaban J connectivity index is 1.77. The molecule has 2 heterocycles. The molecule has 0 aliphatic carbocycles. The first-order valence-electron chi connectivity index (χ1n) is 9.66. The van der Waals surface area contributed by atoms with Crippen LogP contribution in [0.5, 0.6) is 0 Å². The molecule has 5 nitrogen and oxygen atoms in total. The number of aliphatic imine (C=N–C) groups is 1. The van der Waals surface area contributed by atoms with Gasteiger partial charge in [0, 0.05) is 31.1 Å². The van der Waals surface area contributed by atoms with E-state index in [1.165, 1.54) is 23.5 Å². The van der Waals surface area contributed by atoms with Gasteiger partial charge in [-0.2, -0.15) is 0 Å². The van der Waals surface area contributed by atoms with Crippen molar-refractivity contribution in [3.63, 3.8) is 0 Å². The zero-order valence-electron chi connectivity index (χ0n) is 16.5. The van der Waals surface area contributed by atoms with E-state index in [9.17, 15) is 0 Å². The molecule has 1 aliphatic rings. The Kier molecular flexibility index (Phi) is 8.16. The third kappa shape index (κ3) is 6.94. The van der Waals surface area contributed by atoms with Crippen LogP contribution in [0.25, 0.3) is 0 Å².